The van der Waals surface area contributed by atoms with E-state index in [1.807, 2.05) is 0 Å². The van der Waals surface area contributed by atoms with Gasteiger partial charge in [0.2, 0.25) is 0 Å². The molecule has 0 aromatic heterocycles. The number of nitrogens with one attached hydrogen (secondary N) is 1. The standard InChI is InChI=1S/C13H16Cl2N2O2/c14-8-1-6-11(15)12(7-8)17-13(18)19-10-4-2-9(16)3-5-10/h1,6-7,9-10H,2-5,16H2,(H,17,18). The molecular formula is C13H16Cl2N2O2. The van der Waals surface area contributed by atoms with Crippen LogP contribution in [0.1, 0.15) is 25.7 Å². The largest absolute Gasteiger partial charge is 0.446 e. The molecule has 6 heteroatoms. The van der Waals surface area contributed by atoms with E-state index in [1.165, 1.54) is 0 Å². The second kappa shape index (κ2) is 6.46. The van der Waals surface area contributed by atoms with Crippen LogP contribution in [0, 0.1) is 0 Å². The van der Waals surface area contributed by atoms with Gasteiger partial charge in [-0.3, -0.25) is 5.32 Å². The Balaban J connectivity index is 1.89. The van der Waals surface area contributed by atoms with Crippen LogP contribution in [0.5, 0.6) is 0 Å². The van der Waals surface area contributed by atoms with Gasteiger partial charge < -0.3 is 10.5 Å². The van der Waals surface area contributed by atoms with Gasteiger partial charge in [-0.1, -0.05) is 23.2 Å². The summed E-state index contributed by atoms with van der Waals surface area (Å²) in [6.07, 6.45) is 2.80. The van der Waals surface area contributed by atoms with Crippen molar-refractivity contribution in [1.82, 2.24) is 0 Å². The molecule has 4 nitrogen and oxygen atoms in total. The fourth-order valence-corrected chi connectivity index (χ4v) is 2.43. The third-order valence-electron chi connectivity index (χ3n) is 3.16. The third kappa shape index (κ3) is 4.27. The Labute approximate surface area is 122 Å². The van der Waals surface area contributed by atoms with Crippen LogP contribution in [0.2, 0.25) is 10.0 Å². The molecule has 0 aliphatic heterocycles. The molecular weight excluding hydrogens is 287 g/mol. The number of rotatable bonds is 2. The molecule has 0 bridgehead atoms. The monoisotopic (exact) mass is 302 g/mol. The second-order valence-corrected chi connectivity index (χ2v) is 5.53. The van der Waals surface area contributed by atoms with E-state index < -0.39 is 6.09 Å². The minimum absolute atomic E-state index is 0.0715. The fraction of sp³-hybridized carbons (Fsp3) is 0.462. The first-order chi connectivity index (χ1) is 9.04. The van der Waals surface area contributed by atoms with Crippen molar-refractivity contribution in [3.8, 4) is 0 Å². The highest BCUT2D eigenvalue weighted by Crippen LogP contribution is 2.26. The zero-order valence-corrected chi connectivity index (χ0v) is 11.9. The molecule has 0 radical (unpaired) electrons. The van der Waals surface area contributed by atoms with E-state index in [9.17, 15) is 4.79 Å². The van der Waals surface area contributed by atoms with Crippen molar-refractivity contribution < 1.29 is 9.53 Å². The minimum Gasteiger partial charge on any atom is -0.446 e. The lowest BCUT2D eigenvalue weighted by Gasteiger charge is -2.25. The van der Waals surface area contributed by atoms with Crippen LogP contribution in [0.25, 0.3) is 0 Å². The molecule has 19 heavy (non-hydrogen) atoms. The van der Waals surface area contributed by atoms with E-state index in [1.54, 1.807) is 18.2 Å². The van der Waals surface area contributed by atoms with Gasteiger partial charge in [-0.25, -0.2) is 4.79 Å². The van der Waals surface area contributed by atoms with Gasteiger partial charge in [0.25, 0.3) is 0 Å². The molecule has 0 saturated heterocycles. The number of nitrogens with two attached hydrogens (primary N) is 1. The predicted octanol–water partition coefficient (Wildman–Crippen LogP) is 3.81. The smallest absolute Gasteiger partial charge is 0.411 e. The Hall–Kier alpha value is -0.970. The van der Waals surface area contributed by atoms with E-state index in [-0.39, 0.29) is 12.1 Å². The molecule has 1 amide bonds. The van der Waals surface area contributed by atoms with Crippen molar-refractivity contribution in [3.05, 3.63) is 28.2 Å². The lowest BCUT2D eigenvalue weighted by Crippen LogP contribution is -2.32. The number of carbonyl (C=O) groups is 1. The van der Waals surface area contributed by atoms with Crippen LogP contribution in [0.15, 0.2) is 18.2 Å². The topological polar surface area (TPSA) is 64.3 Å². The van der Waals surface area contributed by atoms with Crippen LogP contribution in [-0.4, -0.2) is 18.2 Å². The molecule has 1 fully saturated rings. The minimum atomic E-state index is -0.510. The molecule has 1 aliphatic carbocycles. The molecule has 0 spiro atoms. The highest BCUT2D eigenvalue weighted by atomic mass is 35.5. The fourth-order valence-electron chi connectivity index (χ4n) is 2.09. The number of carbonyl (C=O) groups excluding carboxylic acids is 1. The Morgan fingerprint density at radius 1 is 1.26 bits per heavy atom. The zero-order valence-electron chi connectivity index (χ0n) is 10.4. The molecule has 2 rings (SSSR count). The van der Waals surface area contributed by atoms with E-state index in [0.717, 1.165) is 25.7 Å². The summed E-state index contributed by atoms with van der Waals surface area (Å²) in [6.45, 7) is 0. The molecule has 0 heterocycles. The SMILES string of the molecule is NC1CCC(OC(=O)Nc2cc(Cl)ccc2Cl)CC1. The summed E-state index contributed by atoms with van der Waals surface area (Å²) in [5.74, 6) is 0. The van der Waals surface area contributed by atoms with E-state index in [2.05, 4.69) is 5.32 Å². The van der Waals surface area contributed by atoms with Crippen molar-refractivity contribution in [3.63, 3.8) is 0 Å². The number of amides is 1. The van der Waals surface area contributed by atoms with Crippen molar-refractivity contribution in [2.24, 2.45) is 5.73 Å². The van der Waals surface area contributed by atoms with Gasteiger partial charge in [0.15, 0.2) is 0 Å². The highest BCUT2D eigenvalue weighted by Gasteiger charge is 2.22. The van der Waals surface area contributed by atoms with E-state index in [4.69, 9.17) is 33.7 Å². The Bertz CT molecular complexity index is 460. The average molecular weight is 303 g/mol. The molecule has 1 aliphatic rings. The number of benzene rings is 1. The lowest BCUT2D eigenvalue weighted by atomic mass is 9.94. The quantitative estimate of drug-likeness (QED) is 0.873. The maximum absolute atomic E-state index is 11.8. The molecule has 3 N–H and O–H groups in total. The summed E-state index contributed by atoms with van der Waals surface area (Å²) in [6, 6.07) is 5.09. The summed E-state index contributed by atoms with van der Waals surface area (Å²) >= 11 is 11.8. The van der Waals surface area contributed by atoms with Gasteiger partial charge in [-0.15, -0.1) is 0 Å². The molecule has 1 aromatic carbocycles. The normalized spacial score (nSPS) is 22.9. The van der Waals surface area contributed by atoms with Crippen LogP contribution in [-0.2, 0) is 4.74 Å². The number of ether oxygens (including phenoxy) is 1. The summed E-state index contributed by atoms with van der Waals surface area (Å²) in [4.78, 5) is 11.8. The van der Waals surface area contributed by atoms with Crippen molar-refractivity contribution in [2.75, 3.05) is 5.32 Å². The average Bonchev–Trinajstić information content (AvgIpc) is 2.37. The summed E-state index contributed by atoms with van der Waals surface area (Å²) < 4.78 is 5.33. The number of halogens is 2. The van der Waals surface area contributed by atoms with Gasteiger partial charge in [0.1, 0.15) is 6.10 Å². The molecule has 0 unspecified atom stereocenters. The Kier molecular flexibility index (Phi) is 4.91. The van der Waals surface area contributed by atoms with Crippen LogP contribution in [0.4, 0.5) is 10.5 Å². The number of anilines is 1. The Morgan fingerprint density at radius 2 is 1.95 bits per heavy atom. The predicted molar refractivity (Wildman–Crippen MR) is 76.8 cm³/mol. The first kappa shape index (κ1) is 14.4. The molecule has 0 atom stereocenters. The Morgan fingerprint density at radius 3 is 2.63 bits per heavy atom. The molecule has 104 valence electrons. The first-order valence-corrected chi connectivity index (χ1v) is 6.98. The maximum Gasteiger partial charge on any atom is 0.411 e. The summed E-state index contributed by atoms with van der Waals surface area (Å²) in [7, 11) is 0. The van der Waals surface area contributed by atoms with Gasteiger partial charge in [-0.2, -0.15) is 0 Å². The van der Waals surface area contributed by atoms with Crippen molar-refractivity contribution >= 4 is 35.0 Å². The van der Waals surface area contributed by atoms with Gasteiger partial charge in [-0.05, 0) is 43.9 Å². The molecule has 1 saturated carbocycles. The lowest BCUT2D eigenvalue weighted by molar-refractivity contribution is 0.0826. The third-order valence-corrected chi connectivity index (χ3v) is 3.72. The first-order valence-electron chi connectivity index (χ1n) is 6.23. The van der Waals surface area contributed by atoms with Gasteiger partial charge in [0, 0.05) is 11.1 Å². The van der Waals surface area contributed by atoms with Crippen LogP contribution in [0.3, 0.4) is 0 Å². The van der Waals surface area contributed by atoms with E-state index >= 15 is 0 Å². The number of hydrogen-bond donors (Lipinski definition) is 2. The molecule has 1 aromatic rings. The van der Waals surface area contributed by atoms with Gasteiger partial charge in [0.05, 0.1) is 10.7 Å². The van der Waals surface area contributed by atoms with Crippen LogP contribution < -0.4 is 11.1 Å². The van der Waals surface area contributed by atoms with Gasteiger partial charge >= 0.3 is 6.09 Å². The van der Waals surface area contributed by atoms with Crippen molar-refractivity contribution in [2.45, 2.75) is 37.8 Å². The van der Waals surface area contributed by atoms with Crippen LogP contribution >= 0.6 is 23.2 Å². The summed E-state index contributed by atoms with van der Waals surface area (Å²) in [5.41, 5.74) is 6.25. The number of hydrogen-bond acceptors (Lipinski definition) is 3. The highest BCUT2D eigenvalue weighted by molar-refractivity contribution is 6.35. The summed E-state index contributed by atoms with van der Waals surface area (Å²) in [5, 5.41) is 3.53. The van der Waals surface area contributed by atoms with Crippen molar-refractivity contribution in [1.29, 1.82) is 0 Å². The maximum atomic E-state index is 11.8. The second-order valence-electron chi connectivity index (χ2n) is 4.69. The van der Waals surface area contributed by atoms with E-state index in [0.29, 0.717) is 15.7 Å². The zero-order chi connectivity index (χ0) is 13.8.